The first-order valence-corrected chi connectivity index (χ1v) is 10.8. The van der Waals surface area contributed by atoms with Gasteiger partial charge in [0.25, 0.3) is 10.1 Å². The molecule has 0 bridgehead atoms. The molecule has 152 valence electrons. The normalized spacial score (nSPS) is 13.8. The van der Waals surface area contributed by atoms with Crippen molar-refractivity contribution in [1.82, 2.24) is 0 Å². The van der Waals surface area contributed by atoms with E-state index in [0.29, 0.717) is 0 Å². The van der Waals surface area contributed by atoms with E-state index in [-0.39, 0.29) is 48.3 Å². The molecule has 0 amide bonds. The summed E-state index contributed by atoms with van der Waals surface area (Å²) in [6.07, 6.45) is 0. The first-order chi connectivity index (χ1) is 13.5. The van der Waals surface area contributed by atoms with E-state index in [1.807, 2.05) is 0 Å². The lowest BCUT2D eigenvalue weighted by Gasteiger charge is -2.33. The Hall–Kier alpha value is -1.67. The number of hydrogen-bond donors (Lipinski definition) is 3. The smallest absolute Gasteiger partial charge is 0.283 e. The molecule has 0 spiro atoms. The molecule has 1 unspecified atom stereocenters. The maximum absolute atomic E-state index is 12.9. The van der Waals surface area contributed by atoms with Crippen LogP contribution in [-0.2, 0) is 14.9 Å². The summed E-state index contributed by atoms with van der Waals surface area (Å²) < 4.78 is 34.1. The number of phenolic OH excluding ortho intramolecular Hbond substituents is 2. The summed E-state index contributed by atoms with van der Waals surface area (Å²) in [5, 5.41) is 19.1. The van der Waals surface area contributed by atoms with Crippen molar-refractivity contribution < 1.29 is 23.2 Å². The number of aromatic hydroxyl groups is 2. The second kappa shape index (κ2) is 7.87. The lowest BCUT2D eigenvalue weighted by atomic mass is 9.83. The predicted molar refractivity (Wildman–Crippen MR) is 114 cm³/mol. The summed E-state index contributed by atoms with van der Waals surface area (Å²) in [6.45, 7) is 0. The Balaban J connectivity index is 2.56. The second-order valence-electron chi connectivity index (χ2n) is 6.09. The van der Waals surface area contributed by atoms with Crippen LogP contribution < -0.4 is 0 Å². The molecule has 0 saturated carbocycles. The van der Waals surface area contributed by atoms with Gasteiger partial charge in [-0.15, -0.1) is 0 Å². The summed E-state index contributed by atoms with van der Waals surface area (Å²) in [5.74, 6) is -0.494. The third kappa shape index (κ3) is 3.65. The van der Waals surface area contributed by atoms with Gasteiger partial charge in [0.2, 0.25) is 0 Å². The average Bonchev–Trinajstić information content (AvgIpc) is 2.65. The minimum atomic E-state index is -4.99. The minimum absolute atomic E-state index is 0.0174. The van der Waals surface area contributed by atoms with Gasteiger partial charge in [0.15, 0.2) is 4.75 Å². The molecule has 29 heavy (non-hydrogen) atoms. The molecule has 0 radical (unpaired) electrons. The highest BCUT2D eigenvalue weighted by Crippen LogP contribution is 2.50. The highest BCUT2D eigenvalue weighted by atomic mass is 35.5. The van der Waals surface area contributed by atoms with Crippen molar-refractivity contribution in [3.63, 3.8) is 0 Å². The van der Waals surface area contributed by atoms with Gasteiger partial charge in [0.05, 0.1) is 15.1 Å². The van der Waals surface area contributed by atoms with E-state index < -0.39 is 14.9 Å². The molecule has 1 atom stereocenters. The number of benzene rings is 3. The van der Waals surface area contributed by atoms with Gasteiger partial charge in [0, 0.05) is 5.56 Å². The van der Waals surface area contributed by atoms with Crippen LogP contribution in [-0.4, -0.2) is 23.2 Å². The first kappa shape index (κ1) is 22.0. The quantitative estimate of drug-likeness (QED) is 0.311. The summed E-state index contributed by atoms with van der Waals surface area (Å²) in [7, 11) is -4.99. The Morgan fingerprint density at radius 2 is 1.31 bits per heavy atom. The topological polar surface area (TPSA) is 94.8 Å². The van der Waals surface area contributed by atoms with Crippen molar-refractivity contribution in [1.29, 1.82) is 0 Å². The van der Waals surface area contributed by atoms with Crippen LogP contribution in [0.25, 0.3) is 0 Å². The zero-order chi connectivity index (χ0) is 21.6. The largest absolute Gasteiger partial charge is 0.508 e. The number of rotatable bonds is 4. The van der Waals surface area contributed by atoms with E-state index in [0.717, 1.165) is 6.07 Å². The van der Waals surface area contributed by atoms with E-state index in [2.05, 4.69) is 0 Å². The minimum Gasteiger partial charge on any atom is -0.508 e. The molecule has 0 aliphatic carbocycles. The molecule has 3 rings (SSSR count). The van der Waals surface area contributed by atoms with Crippen LogP contribution in [0.2, 0.25) is 20.1 Å². The summed E-state index contributed by atoms with van der Waals surface area (Å²) in [4.78, 5) is 0. The van der Waals surface area contributed by atoms with Crippen LogP contribution in [0.5, 0.6) is 11.5 Å². The first-order valence-electron chi connectivity index (χ1n) is 7.89. The molecule has 0 aliphatic heterocycles. The maximum atomic E-state index is 12.9. The van der Waals surface area contributed by atoms with Crippen LogP contribution in [0.1, 0.15) is 16.7 Å². The van der Waals surface area contributed by atoms with Gasteiger partial charge in [-0.05, 0) is 41.5 Å². The molecule has 5 nitrogen and oxygen atoms in total. The van der Waals surface area contributed by atoms with Crippen LogP contribution in [0.4, 0.5) is 0 Å². The molecule has 0 fully saturated rings. The Kier molecular flexibility index (Phi) is 5.98. The third-order valence-corrected chi connectivity index (χ3v) is 7.50. The van der Waals surface area contributed by atoms with E-state index in [1.54, 1.807) is 0 Å². The average molecular weight is 494 g/mol. The monoisotopic (exact) mass is 492 g/mol. The van der Waals surface area contributed by atoms with Gasteiger partial charge < -0.3 is 10.2 Å². The molecule has 0 aromatic heterocycles. The predicted octanol–water partition coefficient (Wildman–Crippen LogP) is 5.89. The van der Waals surface area contributed by atoms with Crippen molar-refractivity contribution in [2.24, 2.45) is 0 Å². The maximum Gasteiger partial charge on any atom is 0.283 e. The standard InChI is InChI=1S/C19H12Cl4O5S/c20-14-7-3-11(9-15(14)21)19(29(26,27)28,10-1-4-12(24)5-2-10)13-6-8-16(25)18(23)17(13)22/h1-9,24-25H,(H,26,27,28). The molecule has 0 heterocycles. The van der Waals surface area contributed by atoms with E-state index in [1.165, 1.54) is 48.5 Å². The Labute approximate surface area is 186 Å². The molecule has 3 aromatic rings. The van der Waals surface area contributed by atoms with Gasteiger partial charge in [0.1, 0.15) is 16.5 Å². The molecule has 0 saturated heterocycles. The van der Waals surface area contributed by atoms with E-state index in [9.17, 15) is 23.2 Å². The summed E-state index contributed by atoms with van der Waals surface area (Å²) in [6, 6.07) is 11.5. The lowest BCUT2D eigenvalue weighted by Crippen LogP contribution is -2.38. The second-order valence-corrected chi connectivity index (χ2v) is 9.23. The van der Waals surface area contributed by atoms with Crippen LogP contribution in [0.3, 0.4) is 0 Å². The van der Waals surface area contributed by atoms with Crippen LogP contribution in [0, 0.1) is 0 Å². The SMILES string of the molecule is O=S(=O)(O)C(c1ccc(O)cc1)(c1ccc(Cl)c(Cl)c1)c1ccc(O)c(Cl)c1Cl. The molecule has 3 N–H and O–H groups in total. The molecule has 3 aromatic carbocycles. The Bertz CT molecular complexity index is 1200. The highest BCUT2D eigenvalue weighted by molar-refractivity contribution is 7.87. The Morgan fingerprint density at radius 3 is 1.86 bits per heavy atom. The van der Waals surface area contributed by atoms with E-state index in [4.69, 9.17) is 46.4 Å². The lowest BCUT2D eigenvalue weighted by molar-refractivity contribution is 0.456. The van der Waals surface area contributed by atoms with Crippen LogP contribution in [0.15, 0.2) is 54.6 Å². The van der Waals surface area contributed by atoms with E-state index >= 15 is 0 Å². The molecule has 10 heteroatoms. The number of halogens is 4. The highest BCUT2D eigenvalue weighted by Gasteiger charge is 2.50. The van der Waals surface area contributed by atoms with Gasteiger partial charge in [-0.2, -0.15) is 8.42 Å². The van der Waals surface area contributed by atoms with Crippen LogP contribution >= 0.6 is 46.4 Å². The number of phenols is 2. The third-order valence-electron chi connectivity index (χ3n) is 4.43. The van der Waals surface area contributed by atoms with Gasteiger partial charge in [-0.3, -0.25) is 4.55 Å². The molecular formula is C19H12Cl4O5S. The van der Waals surface area contributed by atoms with Gasteiger partial charge >= 0.3 is 0 Å². The van der Waals surface area contributed by atoms with Gasteiger partial charge in [-0.25, -0.2) is 0 Å². The Morgan fingerprint density at radius 1 is 0.724 bits per heavy atom. The van der Waals surface area contributed by atoms with Crippen molar-refractivity contribution in [2.45, 2.75) is 4.75 Å². The van der Waals surface area contributed by atoms with Crippen molar-refractivity contribution >= 4 is 56.5 Å². The fourth-order valence-electron chi connectivity index (χ4n) is 3.14. The zero-order valence-corrected chi connectivity index (χ0v) is 18.1. The van der Waals surface area contributed by atoms with Crippen molar-refractivity contribution in [3.8, 4) is 11.5 Å². The van der Waals surface area contributed by atoms with Crippen molar-refractivity contribution in [2.75, 3.05) is 0 Å². The summed E-state index contributed by atoms with van der Waals surface area (Å²) >= 11 is 24.5. The summed E-state index contributed by atoms with van der Waals surface area (Å²) in [5.41, 5.74) is -0.0721. The zero-order valence-electron chi connectivity index (χ0n) is 14.3. The fourth-order valence-corrected chi connectivity index (χ4v) is 5.26. The molecular weight excluding hydrogens is 482 g/mol. The fraction of sp³-hybridized carbons (Fsp3) is 0.0526. The van der Waals surface area contributed by atoms with Gasteiger partial charge in [-0.1, -0.05) is 70.7 Å². The number of hydrogen-bond acceptors (Lipinski definition) is 4. The molecule has 0 aliphatic rings. The van der Waals surface area contributed by atoms with Crippen molar-refractivity contribution in [3.05, 3.63) is 91.4 Å².